The number of phenols is 1. The third-order valence-electron chi connectivity index (χ3n) is 5.94. The molecule has 0 aliphatic heterocycles. The number of H-pyrrole nitrogens is 1. The molecule has 4 rings (SSSR count). The first kappa shape index (κ1) is 29.1. The van der Waals surface area contributed by atoms with Crippen LogP contribution in [0.2, 0.25) is 10.0 Å². The van der Waals surface area contributed by atoms with E-state index in [1.807, 2.05) is 0 Å². The molecule has 1 aromatic heterocycles. The van der Waals surface area contributed by atoms with Crippen LogP contribution in [0.15, 0.2) is 44.8 Å². The number of nitrogens with zero attached hydrogens (tertiary/aromatic N) is 2. The summed E-state index contributed by atoms with van der Waals surface area (Å²) < 4.78 is 81.6. The lowest BCUT2D eigenvalue weighted by molar-refractivity contribution is 0.141. The number of halogens is 4. The van der Waals surface area contributed by atoms with Crippen LogP contribution in [-0.2, 0) is 21.1 Å². The first-order chi connectivity index (χ1) is 18.1. The zero-order valence-electron chi connectivity index (χ0n) is 19.5. The summed E-state index contributed by atoms with van der Waals surface area (Å²) >= 11 is 10.2. The fourth-order valence-corrected chi connectivity index (χ4v) is 6.58. The molecule has 2 unspecified atom stereocenters. The number of nitrogens with one attached hydrogen (secondary N) is 2. The Kier molecular flexibility index (Phi) is 7.90. The maximum Gasteiger partial charge on any atom is 0.349 e. The minimum atomic E-state index is -4.39. The van der Waals surface area contributed by atoms with Gasteiger partial charge in [-0.25, -0.2) is 30.9 Å². The van der Waals surface area contributed by atoms with E-state index in [9.17, 15) is 40.7 Å². The van der Waals surface area contributed by atoms with Crippen molar-refractivity contribution in [2.45, 2.75) is 41.9 Å². The highest BCUT2D eigenvalue weighted by Gasteiger charge is 2.53. The minimum Gasteiger partial charge on any atom is -0.507 e. The summed E-state index contributed by atoms with van der Waals surface area (Å²) in [6.07, 6.45) is -2.63. The number of aromatic hydroxyl groups is 1. The first-order valence-electron chi connectivity index (χ1n) is 10.8. The average Bonchev–Trinajstić information content (AvgIpc) is 3.61. The number of alkyl halides is 2. The molecule has 3 aromatic rings. The van der Waals surface area contributed by atoms with Gasteiger partial charge in [-0.2, -0.15) is 9.78 Å². The van der Waals surface area contributed by atoms with E-state index in [1.54, 1.807) is 4.98 Å². The normalized spacial score (nSPS) is 16.2. The molecule has 0 spiro atoms. The molecule has 4 N–H and O–H groups in total. The molecule has 18 heteroatoms. The molecule has 1 heterocycles. The fraction of sp³-hybridized carbons (Fsp3) is 0.286. The van der Waals surface area contributed by atoms with Crippen molar-refractivity contribution in [2.24, 2.45) is 0 Å². The van der Waals surface area contributed by atoms with Crippen LogP contribution in [0.4, 0.5) is 8.78 Å². The van der Waals surface area contributed by atoms with Gasteiger partial charge in [0.15, 0.2) is 22.5 Å². The predicted octanol–water partition coefficient (Wildman–Crippen LogP) is 3.08. The molecule has 1 aliphatic rings. The number of hydrogen-bond donors (Lipinski definition) is 4. The predicted molar refractivity (Wildman–Crippen MR) is 136 cm³/mol. The van der Waals surface area contributed by atoms with Crippen LogP contribution >= 0.6 is 23.2 Å². The van der Waals surface area contributed by atoms with E-state index < -0.39 is 65.9 Å². The van der Waals surface area contributed by atoms with Gasteiger partial charge in [0.2, 0.25) is 10.0 Å². The Morgan fingerprint density at radius 1 is 1.21 bits per heavy atom. The summed E-state index contributed by atoms with van der Waals surface area (Å²) in [4.78, 5) is 24.8. The largest absolute Gasteiger partial charge is 0.507 e. The van der Waals surface area contributed by atoms with Crippen LogP contribution < -0.4 is 20.7 Å². The molecule has 1 saturated carbocycles. The molecule has 2 atom stereocenters. The maximum absolute atomic E-state index is 13.1. The smallest absolute Gasteiger partial charge is 0.349 e. The van der Waals surface area contributed by atoms with Gasteiger partial charge in [0.25, 0.3) is 12.0 Å². The molecular weight excluding hydrogens is 609 g/mol. The monoisotopic (exact) mass is 626 g/mol. The molecule has 2 aromatic carbocycles. The molecule has 39 heavy (non-hydrogen) atoms. The van der Waals surface area contributed by atoms with Gasteiger partial charge in [-0.3, -0.25) is 9.78 Å². The van der Waals surface area contributed by atoms with Gasteiger partial charge in [0.1, 0.15) is 16.4 Å². The topological polar surface area (TPSA) is 181 Å². The number of aromatic amines is 1. The SMILES string of the molecule is CC(S(=O)O)C1(NS(=O)(=O)c2cc(Oc3c(Cl)cc(-n4nc(C(F)F)c(=O)[nH]c4=O)cc3Cl)ccc2O)CC1. The summed E-state index contributed by atoms with van der Waals surface area (Å²) in [6.45, 7) is 1.42. The summed E-state index contributed by atoms with van der Waals surface area (Å²) in [7, 11) is -4.39. The molecule has 1 fully saturated rings. The van der Waals surface area contributed by atoms with Crippen molar-refractivity contribution >= 4 is 44.3 Å². The molecule has 12 nitrogen and oxygen atoms in total. The van der Waals surface area contributed by atoms with Gasteiger partial charge in [0, 0.05) is 11.6 Å². The first-order valence-corrected chi connectivity index (χ1v) is 14.2. The van der Waals surface area contributed by atoms with Crippen LogP contribution in [0.25, 0.3) is 5.69 Å². The van der Waals surface area contributed by atoms with E-state index in [2.05, 4.69) is 9.82 Å². The van der Waals surface area contributed by atoms with Gasteiger partial charge in [-0.1, -0.05) is 23.2 Å². The van der Waals surface area contributed by atoms with Crippen molar-refractivity contribution < 1.29 is 35.8 Å². The van der Waals surface area contributed by atoms with Crippen LogP contribution in [0.3, 0.4) is 0 Å². The summed E-state index contributed by atoms with van der Waals surface area (Å²) in [6, 6.07) is 5.37. The Bertz CT molecular complexity index is 1690. The standard InChI is InChI=1S/C21H18Cl2F2N4O8S2/c1-9(38(33)34)21(4-5-21)28-39(35,36)15-8-11(2-3-14(15)30)37-17-12(22)6-10(7-13(17)23)29-20(32)26-19(31)16(27-29)18(24)25/h2-3,6-9,18,28,30H,4-5H2,1H3,(H,33,34)(H,26,31,32). The molecule has 0 bridgehead atoms. The Morgan fingerprint density at radius 3 is 2.36 bits per heavy atom. The third-order valence-corrected chi connectivity index (χ3v) is 9.13. The van der Waals surface area contributed by atoms with Gasteiger partial charge < -0.3 is 14.4 Å². The number of sulfonamides is 1. The van der Waals surface area contributed by atoms with Crippen molar-refractivity contribution in [1.82, 2.24) is 19.5 Å². The van der Waals surface area contributed by atoms with E-state index in [0.29, 0.717) is 17.5 Å². The minimum absolute atomic E-state index is 0.146. The van der Waals surface area contributed by atoms with Crippen molar-refractivity contribution in [3.63, 3.8) is 0 Å². The van der Waals surface area contributed by atoms with E-state index in [-0.39, 0.29) is 27.2 Å². The second kappa shape index (κ2) is 10.6. The molecule has 1 aliphatic carbocycles. The van der Waals surface area contributed by atoms with Crippen molar-refractivity contribution in [2.75, 3.05) is 0 Å². The number of aromatic nitrogens is 3. The van der Waals surface area contributed by atoms with Crippen LogP contribution in [0.5, 0.6) is 17.2 Å². The lowest BCUT2D eigenvalue weighted by Crippen LogP contribution is -2.46. The number of hydrogen-bond acceptors (Lipinski definition) is 8. The lowest BCUT2D eigenvalue weighted by atomic mass is 10.2. The van der Waals surface area contributed by atoms with Crippen LogP contribution in [0.1, 0.15) is 31.9 Å². The lowest BCUT2D eigenvalue weighted by Gasteiger charge is -2.22. The maximum atomic E-state index is 13.1. The summed E-state index contributed by atoms with van der Waals surface area (Å²) in [5.74, 6) is -0.999. The van der Waals surface area contributed by atoms with E-state index in [4.69, 9.17) is 27.9 Å². The molecule has 0 radical (unpaired) electrons. The van der Waals surface area contributed by atoms with Gasteiger partial charge in [0.05, 0.1) is 21.0 Å². The number of phenolic OH excluding ortho intramolecular Hbond substituents is 1. The van der Waals surface area contributed by atoms with Gasteiger partial charge >= 0.3 is 5.69 Å². The molecular formula is C21H18Cl2F2N4O8S2. The summed E-state index contributed by atoms with van der Waals surface area (Å²) in [5.41, 5.74) is -5.05. The highest BCUT2D eigenvalue weighted by molar-refractivity contribution is 7.89. The average molecular weight is 627 g/mol. The number of benzene rings is 2. The van der Waals surface area contributed by atoms with Crippen molar-refractivity contribution in [1.29, 1.82) is 0 Å². The van der Waals surface area contributed by atoms with Crippen molar-refractivity contribution in [3.8, 4) is 22.9 Å². The second-order valence-corrected chi connectivity index (χ2v) is 12.2. The van der Waals surface area contributed by atoms with Gasteiger partial charge in [-0.15, -0.1) is 0 Å². The Labute approximate surface area is 230 Å². The fourth-order valence-electron chi connectivity index (χ4n) is 3.63. The molecule has 0 amide bonds. The molecule has 0 saturated heterocycles. The summed E-state index contributed by atoms with van der Waals surface area (Å²) in [5, 5.41) is 12.2. The highest BCUT2D eigenvalue weighted by Crippen LogP contribution is 2.43. The Morgan fingerprint density at radius 2 is 1.82 bits per heavy atom. The highest BCUT2D eigenvalue weighted by atomic mass is 35.5. The zero-order chi connectivity index (χ0) is 28.9. The molecule has 210 valence electrons. The zero-order valence-corrected chi connectivity index (χ0v) is 22.7. The number of rotatable bonds is 9. The Hall–Kier alpha value is -2.89. The van der Waals surface area contributed by atoms with Crippen molar-refractivity contribution in [3.05, 3.63) is 66.9 Å². The van der Waals surface area contributed by atoms with Crippen LogP contribution in [0, 0.1) is 0 Å². The second-order valence-electron chi connectivity index (χ2n) is 8.51. The van der Waals surface area contributed by atoms with Crippen LogP contribution in [-0.4, -0.2) is 47.8 Å². The third kappa shape index (κ3) is 5.85. The van der Waals surface area contributed by atoms with E-state index >= 15 is 0 Å². The van der Waals surface area contributed by atoms with E-state index in [0.717, 1.165) is 24.3 Å². The quantitative estimate of drug-likeness (QED) is 0.259. The Balaban J connectivity index is 1.66. The van der Waals surface area contributed by atoms with E-state index in [1.165, 1.54) is 13.0 Å². The van der Waals surface area contributed by atoms with Gasteiger partial charge in [-0.05, 0) is 44.0 Å². The number of ether oxygens (including phenoxy) is 1.